The maximum Gasteiger partial charge on any atom is 0.276 e. The summed E-state index contributed by atoms with van der Waals surface area (Å²) in [4.78, 5) is 14.6. The highest BCUT2D eigenvalue weighted by atomic mass is 32.2. The monoisotopic (exact) mass is 419 g/mol. The van der Waals surface area contributed by atoms with Gasteiger partial charge in [0.2, 0.25) is 0 Å². The van der Waals surface area contributed by atoms with Crippen LogP contribution < -0.4 is 14.5 Å². The molecule has 1 amide bonds. The van der Waals surface area contributed by atoms with Crippen molar-refractivity contribution in [3.05, 3.63) is 53.6 Å². The van der Waals surface area contributed by atoms with E-state index in [0.29, 0.717) is 17.9 Å². The first-order valence-electron chi connectivity index (χ1n) is 9.30. The fourth-order valence-electron chi connectivity index (χ4n) is 3.54. The Bertz CT molecular complexity index is 970. The molecule has 156 valence electrons. The van der Waals surface area contributed by atoms with Gasteiger partial charge in [-0.25, -0.2) is 13.9 Å². The number of ether oxygens (including phenoxy) is 1. The van der Waals surface area contributed by atoms with Crippen LogP contribution in [0.1, 0.15) is 28.8 Å². The summed E-state index contributed by atoms with van der Waals surface area (Å²) < 4.78 is 32.7. The van der Waals surface area contributed by atoms with Gasteiger partial charge in [0, 0.05) is 13.6 Å². The van der Waals surface area contributed by atoms with Crippen molar-refractivity contribution in [1.82, 2.24) is 10.4 Å². The number of likely N-dealkylation sites (tertiary alicyclic amines) is 1. The van der Waals surface area contributed by atoms with Crippen molar-refractivity contribution in [2.45, 2.75) is 24.3 Å². The Morgan fingerprint density at radius 3 is 2.41 bits per heavy atom. The summed E-state index contributed by atoms with van der Waals surface area (Å²) in [7, 11) is -1.02. The predicted octanol–water partition coefficient (Wildman–Crippen LogP) is 2.24. The van der Waals surface area contributed by atoms with Crippen molar-refractivity contribution in [1.29, 1.82) is 0 Å². The van der Waals surface area contributed by atoms with Gasteiger partial charge in [-0.1, -0.05) is 12.1 Å². The van der Waals surface area contributed by atoms with Gasteiger partial charge >= 0.3 is 0 Å². The number of sulfonamides is 1. The van der Waals surface area contributed by atoms with Crippen LogP contribution >= 0.6 is 0 Å². The molecule has 0 atom stereocenters. The summed E-state index contributed by atoms with van der Waals surface area (Å²) in [6, 6.07) is 11.0. The normalized spacial score (nSPS) is 14.6. The third-order valence-corrected chi connectivity index (χ3v) is 6.86. The summed E-state index contributed by atoms with van der Waals surface area (Å²) in [5.74, 6) is -0.221. The highest BCUT2D eigenvalue weighted by Crippen LogP contribution is 2.31. The molecule has 1 saturated heterocycles. The van der Waals surface area contributed by atoms with Crippen LogP contribution in [0, 0.1) is 0 Å². The van der Waals surface area contributed by atoms with Gasteiger partial charge in [0.05, 0.1) is 23.3 Å². The second kappa shape index (κ2) is 8.81. The summed E-state index contributed by atoms with van der Waals surface area (Å²) in [6.07, 6.45) is 2.18. The standard InChI is InChI=1S/C20H25N3O5S/c1-22(29(26,27)17-10-8-16(28-2)9-11-17)19-15(14-23-12-3-4-13-23)6-5-7-18(19)20(24)21-25/h5-11,25H,3-4,12-14H2,1-2H3,(H,21,24). The maximum atomic E-state index is 13.3. The van der Waals surface area contributed by atoms with Gasteiger partial charge in [-0.15, -0.1) is 0 Å². The van der Waals surface area contributed by atoms with Crippen molar-refractivity contribution >= 4 is 21.6 Å². The Morgan fingerprint density at radius 1 is 1.17 bits per heavy atom. The molecule has 1 aliphatic rings. The van der Waals surface area contributed by atoms with Gasteiger partial charge in [0.1, 0.15) is 5.75 Å². The molecule has 0 radical (unpaired) electrons. The Morgan fingerprint density at radius 2 is 1.83 bits per heavy atom. The minimum Gasteiger partial charge on any atom is -0.497 e. The first kappa shape index (κ1) is 21.1. The molecule has 29 heavy (non-hydrogen) atoms. The van der Waals surface area contributed by atoms with E-state index in [1.807, 2.05) is 6.07 Å². The number of amides is 1. The number of hydrogen-bond donors (Lipinski definition) is 2. The maximum absolute atomic E-state index is 13.3. The largest absolute Gasteiger partial charge is 0.497 e. The molecule has 1 heterocycles. The van der Waals surface area contributed by atoms with Gasteiger partial charge in [0.15, 0.2) is 0 Å². The van der Waals surface area contributed by atoms with E-state index in [0.717, 1.165) is 30.2 Å². The number of anilines is 1. The average Bonchev–Trinajstić information content (AvgIpc) is 3.25. The fourth-order valence-corrected chi connectivity index (χ4v) is 4.79. The number of carbonyl (C=O) groups excluding carboxylic acids is 1. The number of para-hydroxylation sites is 1. The smallest absolute Gasteiger partial charge is 0.276 e. The van der Waals surface area contributed by atoms with Crippen molar-refractivity contribution < 1.29 is 23.2 Å². The molecule has 2 aromatic carbocycles. The van der Waals surface area contributed by atoms with Gasteiger partial charge < -0.3 is 4.74 Å². The minimum absolute atomic E-state index is 0.0760. The molecule has 2 aromatic rings. The number of nitrogens with zero attached hydrogens (tertiary/aromatic N) is 2. The Labute approximate surface area is 170 Å². The lowest BCUT2D eigenvalue weighted by Gasteiger charge is -2.26. The zero-order chi connectivity index (χ0) is 21.0. The Hall–Kier alpha value is -2.62. The van der Waals surface area contributed by atoms with E-state index in [-0.39, 0.29) is 16.1 Å². The third-order valence-electron chi connectivity index (χ3n) is 5.09. The second-order valence-electron chi connectivity index (χ2n) is 6.89. The van der Waals surface area contributed by atoms with Crippen LogP contribution in [0.2, 0.25) is 0 Å². The van der Waals surface area contributed by atoms with E-state index in [1.54, 1.807) is 23.7 Å². The van der Waals surface area contributed by atoms with Crippen LogP contribution in [0.4, 0.5) is 5.69 Å². The van der Waals surface area contributed by atoms with Crippen LogP contribution in [0.5, 0.6) is 5.75 Å². The molecule has 0 bridgehead atoms. The number of benzene rings is 2. The summed E-state index contributed by atoms with van der Waals surface area (Å²) in [6.45, 7) is 2.36. The van der Waals surface area contributed by atoms with E-state index < -0.39 is 15.9 Å². The summed E-state index contributed by atoms with van der Waals surface area (Å²) in [5, 5.41) is 9.16. The van der Waals surface area contributed by atoms with Gasteiger partial charge in [-0.3, -0.25) is 19.2 Å². The molecular formula is C20H25N3O5S. The Kier molecular flexibility index (Phi) is 6.41. The quantitative estimate of drug-likeness (QED) is 0.527. The van der Waals surface area contributed by atoms with Crippen LogP contribution in [0.25, 0.3) is 0 Å². The zero-order valence-corrected chi connectivity index (χ0v) is 17.3. The van der Waals surface area contributed by atoms with Crippen LogP contribution in [0.15, 0.2) is 47.4 Å². The fraction of sp³-hybridized carbons (Fsp3) is 0.350. The lowest BCUT2D eigenvalue weighted by Crippen LogP contribution is -2.32. The lowest BCUT2D eigenvalue weighted by molar-refractivity contribution is 0.0707. The van der Waals surface area contributed by atoms with Crippen molar-refractivity contribution in [2.75, 3.05) is 31.6 Å². The third kappa shape index (κ3) is 4.36. The van der Waals surface area contributed by atoms with E-state index in [4.69, 9.17) is 9.94 Å². The van der Waals surface area contributed by atoms with Crippen LogP contribution in [-0.2, 0) is 16.6 Å². The number of nitrogens with one attached hydrogen (secondary N) is 1. The van der Waals surface area contributed by atoms with E-state index in [2.05, 4.69) is 4.90 Å². The number of carbonyl (C=O) groups is 1. The number of hydrogen-bond acceptors (Lipinski definition) is 6. The lowest BCUT2D eigenvalue weighted by atomic mass is 10.1. The van der Waals surface area contributed by atoms with Crippen LogP contribution in [-0.4, -0.2) is 51.7 Å². The predicted molar refractivity (Wildman–Crippen MR) is 109 cm³/mol. The molecular weight excluding hydrogens is 394 g/mol. The molecule has 0 saturated carbocycles. The topological polar surface area (TPSA) is 99.2 Å². The highest BCUT2D eigenvalue weighted by Gasteiger charge is 2.28. The van der Waals surface area contributed by atoms with E-state index in [9.17, 15) is 13.2 Å². The van der Waals surface area contributed by atoms with E-state index >= 15 is 0 Å². The number of methoxy groups -OCH3 is 1. The highest BCUT2D eigenvalue weighted by molar-refractivity contribution is 7.92. The molecule has 8 nitrogen and oxygen atoms in total. The molecule has 0 aliphatic carbocycles. The zero-order valence-electron chi connectivity index (χ0n) is 16.5. The molecule has 3 rings (SSSR count). The van der Waals surface area contributed by atoms with Crippen LogP contribution in [0.3, 0.4) is 0 Å². The van der Waals surface area contributed by atoms with Gasteiger partial charge in [-0.2, -0.15) is 0 Å². The van der Waals surface area contributed by atoms with Gasteiger partial charge in [0.25, 0.3) is 15.9 Å². The minimum atomic E-state index is -3.94. The summed E-state index contributed by atoms with van der Waals surface area (Å²) in [5.41, 5.74) is 2.65. The van der Waals surface area contributed by atoms with E-state index in [1.165, 1.54) is 32.4 Å². The molecule has 2 N–H and O–H groups in total. The molecule has 1 fully saturated rings. The number of rotatable bonds is 7. The second-order valence-corrected chi connectivity index (χ2v) is 8.85. The van der Waals surface area contributed by atoms with Crippen molar-refractivity contribution in [3.63, 3.8) is 0 Å². The molecule has 0 spiro atoms. The summed E-state index contributed by atoms with van der Waals surface area (Å²) >= 11 is 0. The SMILES string of the molecule is COc1ccc(S(=O)(=O)N(C)c2c(CN3CCCC3)cccc2C(=O)NO)cc1. The van der Waals surface area contributed by atoms with Crippen molar-refractivity contribution in [2.24, 2.45) is 0 Å². The molecule has 0 unspecified atom stereocenters. The average molecular weight is 420 g/mol. The number of hydroxylamine groups is 1. The van der Waals surface area contributed by atoms with Crippen molar-refractivity contribution in [3.8, 4) is 5.75 Å². The molecule has 1 aliphatic heterocycles. The first-order valence-corrected chi connectivity index (χ1v) is 10.7. The van der Waals surface area contributed by atoms with Gasteiger partial charge in [-0.05, 0) is 61.8 Å². The molecule has 0 aromatic heterocycles. The molecule has 9 heteroatoms. The Balaban J connectivity index is 2.06. The first-order chi connectivity index (χ1) is 13.9.